The molecule has 0 saturated heterocycles. The van der Waals surface area contributed by atoms with E-state index in [0.717, 1.165) is 72.2 Å². The summed E-state index contributed by atoms with van der Waals surface area (Å²) in [5.74, 6) is 1.63. The molecule has 6 nitrogen and oxygen atoms in total. The lowest BCUT2D eigenvalue weighted by molar-refractivity contribution is 0.308. The van der Waals surface area contributed by atoms with Crippen molar-refractivity contribution >= 4 is 124 Å². The predicted octanol–water partition coefficient (Wildman–Crippen LogP) is 12.9. The van der Waals surface area contributed by atoms with Crippen LogP contribution in [0.25, 0.3) is 52.8 Å². The van der Waals surface area contributed by atoms with Crippen molar-refractivity contribution in [2.45, 2.75) is 13.2 Å². The van der Waals surface area contributed by atoms with Crippen LogP contribution in [0.3, 0.4) is 0 Å². The Labute approximate surface area is 383 Å². The second kappa shape index (κ2) is 19.2. The van der Waals surface area contributed by atoms with Crippen LogP contribution in [-0.4, -0.2) is 45.0 Å². The van der Waals surface area contributed by atoms with Gasteiger partial charge in [0.15, 0.2) is 0 Å². The average molecular weight is 933 g/mol. The number of benzene rings is 3. The molecule has 4 aromatic heterocycles. The number of fused-ring (bicyclic) bond motifs is 2. The number of hydrogen-bond acceptors (Lipinski definition) is 14. The zero-order chi connectivity index (χ0) is 41.0. The number of aromatic nitrogens is 4. The molecule has 0 atom stereocenters. The molecule has 0 spiro atoms. The number of hydrogen-bond donors (Lipinski definition) is 0. The second-order valence-corrected chi connectivity index (χ2v) is 22.1. The highest BCUT2D eigenvalue weighted by Crippen LogP contribution is 2.58. The summed E-state index contributed by atoms with van der Waals surface area (Å²) >= 11 is 14.6. The fourth-order valence-corrected chi connectivity index (χ4v) is 17.1. The van der Waals surface area contributed by atoms with E-state index in [1.165, 1.54) is 30.6 Å². The highest BCUT2D eigenvalue weighted by molar-refractivity contribution is 8.46. The van der Waals surface area contributed by atoms with E-state index in [0.29, 0.717) is 13.2 Å². The molecule has 0 saturated carbocycles. The van der Waals surface area contributed by atoms with E-state index in [2.05, 4.69) is 83.5 Å². The fourth-order valence-electron chi connectivity index (χ4n) is 6.85. The number of pyridine rings is 4. The molecule has 2 aliphatic rings. The summed E-state index contributed by atoms with van der Waals surface area (Å²) in [6.45, 7) is 0.714. The Morgan fingerprint density at radius 2 is 0.850 bits per heavy atom. The van der Waals surface area contributed by atoms with Crippen LogP contribution in [0, 0.1) is 0 Å². The third kappa shape index (κ3) is 8.59. The average Bonchev–Trinajstić information content (AvgIpc) is 3.94. The predicted molar refractivity (Wildman–Crippen MR) is 270 cm³/mol. The molecule has 0 N–H and O–H groups in total. The molecule has 0 amide bonds. The topological polar surface area (TPSA) is 70.0 Å². The van der Waals surface area contributed by atoms with Gasteiger partial charge in [-0.3, -0.25) is 19.9 Å². The van der Waals surface area contributed by atoms with Crippen LogP contribution >= 0.6 is 94.1 Å². The smallest absolute Gasteiger partial charge is 0.128 e. The van der Waals surface area contributed by atoms with E-state index in [1.54, 1.807) is 35.9 Å². The van der Waals surface area contributed by atoms with E-state index in [4.69, 9.17) is 19.4 Å². The van der Waals surface area contributed by atoms with Gasteiger partial charge < -0.3 is 9.47 Å². The van der Waals surface area contributed by atoms with Gasteiger partial charge in [0.2, 0.25) is 0 Å². The van der Waals surface area contributed by atoms with E-state index in [9.17, 15) is 0 Å². The number of nitrogens with zero attached hydrogens (tertiary/aromatic N) is 4. The molecule has 9 rings (SSSR count). The molecule has 300 valence electrons. The van der Waals surface area contributed by atoms with Crippen LogP contribution in [0.5, 0.6) is 11.5 Å². The monoisotopic (exact) mass is 932 g/mol. The Bertz CT molecular complexity index is 2720. The van der Waals surface area contributed by atoms with Gasteiger partial charge in [-0.25, -0.2) is 0 Å². The number of ether oxygens (including phenoxy) is 2. The van der Waals surface area contributed by atoms with Crippen molar-refractivity contribution in [3.63, 3.8) is 0 Å². The lowest BCUT2D eigenvalue weighted by atomic mass is 9.97. The van der Waals surface area contributed by atoms with Crippen LogP contribution in [0.15, 0.2) is 139 Å². The van der Waals surface area contributed by atoms with Crippen LogP contribution in [0.4, 0.5) is 0 Å². The van der Waals surface area contributed by atoms with Crippen LogP contribution in [0.1, 0.15) is 11.1 Å². The van der Waals surface area contributed by atoms with E-state index in [1.807, 2.05) is 131 Å². The minimum absolute atomic E-state index is 0.357. The fraction of sp³-hybridized carbons (Fsp3) is 0.130. The largest absolute Gasteiger partial charge is 0.488 e. The third-order valence-corrected chi connectivity index (χ3v) is 20.1. The molecule has 3 aromatic carbocycles. The van der Waals surface area contributed by atoms with E-state index in [-0.39, 0.29) is 0 Å². The maximum absolute atomic E-state index is 6.92. The van der Waals surface area contributed by atoms with Crippen LogP contribution < -0.4 is 19.9 Å². The van der Waals surface area contributed by atoms with Gasteiger partial charge in [-0.2, -0.15) is 0 Å². The van der Waals surface area contributed by atoms with Gasteiger partial charge in [0.25, 0.3) is 0 Å². The molecule has 0 unspecified atom stereocenters. The first-order valence-corrected chi connectivity index (χ1v) is 26.8. The zero-order valence-corrected chi connectivity index (χ0v) is 39.4. The first-order chi connectivity index (χ1) is 29.6. The van der Waals surface area contributed by atoms with Crippen LogP contribution in [-0.2, 0) is 13.2 Å². The van der Waals surface area contributed by atoms with Gasteiger partial charge >= 0.3 is 0 Å². The highest BCUT2D eigenvalue weighted by Gasteiger charge is 2.27. The first-order valence-electron chi connectivity index (χ1n) is 18.7. The van der Waals surface area contributed by atoms with Gasteiger partial charge in [0.05, 0.1) is 48.2 Å². The normalized spacial score (nSPS) is 14.3. The second-order valence-electron chi connectivity index (χ2n) is 13.2. The molecule has 0 aliphatic carbocycles. The maximum Gasteiger partial charge on any atom is 0.128 e. The quantitative estimate of drug-likeness (QED) is 0.109. The van der Waals surface area contributed by atoms with Crippen molar-refractivity contribution in [2.24, 2.45) is 0 Å². The Balaban J connectivity index is 1.23. The van der Waals surface area contributed by atoms with Crippen molar-refractivity contribution in [1.29, 1.82) is 0 Å². The van der Waals surface area contributed by atoms with Crippen molar-refractivity contribution < 1.29 is 9.47 Å². The van der Waals surface area contributed by atoms with Gasteiger partial charge in [-0.15, -0.1) is 47.0 Å². The third-order valence-electron chi connectivity index (χ3n) is 9.61. The van der Waals surface area contributed by atoms with Crippen LogP contribution in [0.2, 0.25) is 0 Å². The minimum atomic E-state index is 0.357. The van der Waals surface area contributed by atoms with Gasteiger partial charge in [0.1, 0.15) is 24.7 Å². The van der Waals surface area contributed by atoms with Gasteiger partial charge in [-0.05, 0) is 84.3 Å². The Kier molecular flexibility index (Phi) is 13.4. The molecule has 0 fully saturated rings. The molecule has 0 radical (unpaired) electrons. The van der Waals surface area contributed by atoms with Crippen molar-refractivity contribution in [1.82, 2.24) is 19.9 Å². The van der Waals surface area contributed by atoms with E-state index < -0.39 is 0 Å². The van der Waals surface area contributed by atoms with Crippen molar-refractivity contribution in [2.75, 3.05) is 25.0 Å². The summed E-state index contributed by atoms with van der Waals surface area (Å²) in [5, 5.41) is 6.78. The molecule has 0 bridgehead atoms. The summed E-state index contributed by atoms with van der Waals surface area (Å²) in [7, 11) is 0. The number of rotatable bonds is 12. The standard InChI is InChI=1S/C46H36N4O2S8/c1-53-43-44(54-2)58-41(57-43)37-29-11-9-15-35(51-25-27-17-19-33(49-23-27)31-13-5-7-21-47-31)38(29)40(42-59-45(55-3)46(56-4)60-42)39-30(37)12-10-16-36(39)52-26-28-18-20-34(50-24-28)32-14-6-8-22-48-32/h5-24H,25-26H2,1-4H3. The lowest BCUT2D eigenvalue weighted by Gasteiger charge is -2.18. The Hall–Kier alpha value is -3.60. The van der Waals surface area contributed by atoms with Gasteiger partial charge in [-0.1, -0.05) is 95.6 Å². The summed E-state index contributed by atoms with van der Waals surface area (Å²) in [6, 6.07) is 32.9. The summed E-state index contributed by atoms with van der Waals surface area (Å²) in [6.07, 6.45) is 16.0. The summed E-state index contributed by atoms with van der Waals surface area (Å²) in [5.41, 5.74) is 5.29. The molecule has 7 aromatic rings. The summed E-state index contributed by atoms with van der Waals surface area (Å²) in [4.78, 5) is 18.5. The molecular weight excluding hydrogens is 897 g/mol. The van der Waals surface area contributed by atoms with E-state index >= 15 is 0 Å². The molecular formula is C46H36N4O2S8. The number of thioether (sulfide) groups is 8. The molecule has 14 heteroatoms. The van der Waals surface area contributed by atoms with Gasteiger partial charge in [0, 0.05) is 57.1 Å². The Morgan fingerprint density at radius 1 is 0.433 bits per heavy atom. The zero-order valence-electron chi connectivity index (χ0n) is 32.8. The van der Waals surface area contributed by atoms with Crippen molar-refractivity contribution in [3.05, 3.63) is 160 Å². The molecule has 6 heterocycles. The maximum atomic E-state index is 6.92. The molecule has 60 heavy (non-hydrogen) atoms. The van der Waals surface area contributed by atoms with Crippen molar-refractivity contribution in [3.8, 4) is 34.3 Å². The lowest BCUT2D eigenvalue weighted by Crippen LogP contribution is -2.19. The SMILES string of the molecule is CSC1=C(SC)SC(=c2c3cccc(OCc4ccc(-c5ccccn5)nc4)c3c(=C3SC(SC)=C(SC)S3)c3c(OCc4ccc(-c5ccccn5)nc4)cccc23)S1. The highest BCUT2D eigenvalue weighted by atomic mass is 32.3. The first kappa shape index (κ1) is 41.7. The minimum Gasteiger partial charge on any atom is -0.488 e. The summed E-state index contributed by atoms with van der Waals surface area (Å²) < 4.78 is 21.6. The molecule has 2 aliphatic heterocycles. The Morgan fingerprint density at radius 3 is 1.22 bits per heavy atom.